The van der Waals surface area contributed by atoms with Gasteiger partial charge in [0.05, 0.1) is 12.6 Å². The highest BCUT2D eigenvalue weighted by atomic mass is 32.1. The van der Waals surface area contributed by atoms with Crippen LogP contribution >= 0.6 is 22.7 Å². The number of carbonyl (C=O) groups is 1. The number of rotatable bonds is 4. The van der Waals surface area contributed by atoms with E-state index in [1.807, 2.05) is 17.2 Å². The molecule has 0 aliphatic carbocycles. The number of carbonyl (C=O) groups excluding carboxylic acids is 1. The van der Waals surface area contributed by atoms with Gasteiger partial charge in [0.2, 0.25) is 5.91 Å². The zero-order chi connectivity index (χ0) is 14.8. The maximum Gasteiger partial charge on any atom is 0.236 e. The lowest BCUT2D eigenvalue weighted by Gasteiger charge is -2.27. The normalized spacial score (nSPS) is 15.8. The predicted molar refractivity (Wildman–Crippen MR) is 86.7 cm³/mol. The molecular weight excluding hydrogens is 302 g/mol. The summed E-state index contributed by atoms with van der Waals surface area (Å²) in [7, 11) is 0. The molecule has 0 saturated heterocycles. The summed E-state index contributed by atoms with van der Waals surface area (Å²) in [4.78, 5) is 20.2. The summed E-state index contributed by atoms with van der Waals surface area (Å²) in [5.74, 6) is 0.173. The van der Waals surface area contributed by atoms with Gasteiger partial charge in [0, 0.05) is 29.0 Å². The second-order valence-corrected chi connectivity index (χ2v) is 7.25. The number of fused-ring (bicyclic) bond motifs is 1. The van der Waals surface area contributed by atoms with Crippen LogP contribution in [0.25, 0.3) is 0 Å². The second kappa shape index (κ2) is 6.25. The second-order valence-electron chi connectivity index (χ2n) is 5.36. The SMILES string of the molecule is Cc1csc(C(C)NCC(=O)N2CCc3sccc3C2)n1. The Balaban J connectivity index is 1.53. The Morgan fingerprint density at radius 1 is 1.52 bits per heavy atom. The van der Waals surface area contributed by atoms with Crippen LogP contribution in [-0.2, 0) is 17.8 Å². The number of nitrogens with zero attached hydrogens (tertiary/aromatic N) is 2. The average molecular weight is 321 g/mol. The van der Waals surface area contributed by atoms with Crippen LogP contribution in [0.1, 0.15) is 34.1 Å². The Labute approximate surface area is 132 Å². The van der Waals surface area contributed by atoms with Gasteiger partial charge in [-0.1, -0.05) is 0 Å². The summed E-state index contributed by atoms with van der Waals surface area (Å²) < 4.78 is 0. The van der Waals surface area contributed by atoms with Crippen LogP contribution in [0.5, 0.6) is 0 Å². The highest BCUT2D eigenvalue weighted by Crippen LogP contribution is 2.24. The van der Waals surface area contributed by atoms with Crippen LogP contribution in [0.2, 0.25) is 0 Å². The molecule has 21 heavy (non-hydrogen) atoms. The topological polar surface area (TPSA) is 45.2 Å². The van der Waals surface area contributed by atoms with E-state index in [9.17, 15) is 4.79 Å². The van der Waals surface area contributed by atoms with Crippen LogP contribution in [-0.4, -0.2) is 28.9 Å². The summed E-state index contributed by atoms with van der Waals surface area (Å²) in [5, 5.41) is 8.48. The molecule has 1 unspecified atom stereocenters. The largest absolute Gasteiger partial charge is 0.337 e. The van der Waals surface area contributed by atoms with Gasteiger partial charge < -0.3 is 4.90 Å². The summed E-state index contributed by atoms with van der Waals surface area (Å²) in [6.07, 6.45) is 0.986. The van der Waals surface area contributed by atoms with Crippen molar-refractivity contribution >= 4 is 28.6 Å². The van der Waals surface area contributed by atoms with Gasteiger partial charge >= 0.3 is 0 Å². The third kappa shape index (κ3) is 3.33. The Morgan fingerprint density at radius 3 is 3.14 bits per heavy atom. The van der Waals surface area contributed by atoms with Gasteiger partial charge in [-0.25, -0.2) is 4.98 Å². The third-order valence-corrected chi connectivity index (χ3v) is 5.90. The molecule has 112 valence electrons. The van der Waals surface area contributed by atoms with Crippen LogP contribution in [0, 0.1) is 6.92 Å². The van der Waals surface area contributed by atoms with Crippen LogP contribution in [0.15, 0.2) is 16.8 Å². The van der Waals surface area contributed by atoms with E-state index in [1.54, 1.807) is 22.7 Å². The van der Waals surface area contributed by atoms with E-state index >= 15 is 0 Å². The van der Waals surface area contributed by atoms with Crippen LogP contribution < -0.4 is 5.32 Å². The molecule has 1 aliphatic heterocycles. The van der Waals surface area contributed by atoms with Crippen LogP contribution in [0.4, 0.5) is 0 Å². The molecule has 4 nitrogen and oxygen atoms in total. The molecule has 0 fully saturated rings. The van der Waals surface area contributed by atoms with Crippen LogP contribution in [0.3, 0.4) is 0 Å². The maximum absolute atomic E-state index is 12.3. The lowest BCUT2D eigenvalue weighted by Crippen LogP contribution is -2.41. The van der Waals surface area contributed by atoms with Gasteiger partial charge in [-0.3, -0.25) is 10.1 Å². The lowest BCUT2D eigenvalue weighted by molar-refractivity contribution is -0.131. The van der Waals surface area contributed by atoms with Crippen molar-refractivity contribution in [3.63, 3.8) is 0 Å². The number of nitrogens with one attached hydrogen (secondary N) is 1. The van der Waals surface area contributed by atoms with Gasteiger partial charge in [-0.2, -0.15) is 0 Å². The molecule has 2 aromatic heterocycles. The van der Waals surface area contributed by atoms with Crippen molar-refractivity contribution in [3.05, 3.63) is 38.0 Å². The van der Waals surface area contributed by atoms with Gasteiger partial charge in [0.1, 0.15) is 5.01 Å². The molecule has 6 heteroatoms. The zero-order valence-electron chi connectivity index (χ0n) is 12.3. The fourth-order valence-corrected chi connectivity index (χ4v) is 4.19. The first kappa shape index (κ1) is 14.7. The van der Waals surface area contributed by atoms with Gasteiger partial charge in [-0.15, -0.1) is 22.7 Å². The quantitative estimate of drug-likeness (QED) is 0.942. The fourth-order valence-electron chi connectivity index (χ4n) is 2.47. The number of amides is 1. The molecule has 0 radical (unpaired) electrons. The number of hydrogen-bond donors (Lipinski definition) is 1. The molecule has 1 N–H and O–H groups in total. The average Bonchev–Trinajstić information content (AvgIpc) is 3.12. The number of aryl methyl sites for hydroxylation is 1. The number of thiazole rings is 1. The minimum atomic E-state index is 0.120. The molecule has 3 rings (SSSR count). The first-order chi connectivity index (χ1) is 10.1. The Kier molecular flexibility index (Phi) is 4.37. The van der Waals surface area contributed by atoms with Crippen molar-refractivity contribution in [2.45, 2.75) is 32.9 Å². The van der Waals surface area contributed by atoms with Crippen molar-refractivity contribution in [3.8, 4) is 0 Å². The minimum absolute atomic E-state index is 0.120. The Morgan fingerprint density at radius 2 is 2.38 bits per heavy atom. The maximum atomic E-state index is 12.3. The molecule has 1 aliphatic rings. The van der Waals surface area contributed by atoms with E-state index in [4.69, 9.17) is 0 Å². The lowest BCUT2D eigenvalue weighted by atomic mass is 10.1. The fraction of sp³-hybridized carbons (Fsp3) is 0.467. The molecule has 0 saturated carbocycles. The van der Waals surface area contributed by atoms with E-state index in [0.717, 1.165) is 30.2 Å². The molecule has 1 amide bonds. The van der Waals surface area contributed by atoms with Gasteiger partial charge in [0.25, 0.3) is 0 Å². The van der Waals surface area contributed by atoms with E-state index in [2.05, 4.69) is 28.7 Å². The van der Waals surface area contributed by atoms with Gasteiger partial charge in [-0.05, 0) is 37.3 Å². The van der Waals surface area contributed by atoms with E-state index in [1.165, 1.54) is 10.4 Å². The van der Waals surface area contributed by atoms with Crippen molar-refractivity contribution in [2.75, 3.05) is 13.1 Å². The molecule has 2 aromatic rings. The molecule has 0 bridgehead atoms. The highest BCUT2D eigenvalue weighted by Gasteiger charge is 2.21. The minimum Gasteiger partial charge on any atom is -0.337 e. The van der Waals surface area contributed by atoms with E-state index in [0.29, 0.717) is 6.54 Å². The van der Waals surface area contributed by atoms with Crippen molar-refractivity contribution < 1.29 is 4.79 Å². The zero-order valence-corrected chi connectivity index (χ0v) is 13.9. The summed E-state index contributed by atoms with van der Waals surface area (Å²) in [6, 6.07) is 2.25. The number of thiophene rings is 1. The third-order valence-electron chi connectivity index (χ3n) is 3.73. The smallest absolute Gasteiger partial charge is 0.236 e. The van der Waals surface area contributed by atoms with Crippen molar-refractivity contribution in [1.29, 1.82) is 0 Å². The first-order valence-electron chi connectivity index (χ1n) is 7.12. The summed E-state index contributed by atoms with van der Waals surface area (Å²) in [6.45, 7) is 6.00. The molecule has 1 atom stereocenters. The van der Waals surface area contributed by atoms with E-state index < -0.39 is 0 Å². The number of hydrogen-bond acceptors (Lipinski definition) is 5. The summed E-state index contributed by atoms with van der Waals surface area (Å²) >= 11 is 3.44. The molecular formula is C15H19N3OS2. The highest BCUT2D eigenvalue weighted by molar-refractivity contribution is 7.10. The first-order valence-corrected chi connectivity index (χ1v) is 8.88. The van der Waals surface area contributed by atoms with Crippen molar-refractivity contribution in [2.24, 2.45) is 0 Å². The summed E-state index contributed by atoms with van der Waals surface area (Å²) in [5.41, 5.74) is 2.35. The molecule has 0 aromatic carbocycles. The number of aromatic nitrogens is 1. The predicted octanol–water partition coefficient (Wildman–Crippen LogP) is 2.75. The Bertz CT molecular complexity index is 634. The molecule has 0 spiro atoms. The Hall–Kier alpha value is -1.24. The van der Waals surface area contributed by atoms with Crippen molar-refractivity contribution in [1.82, 2.24) is 15.2 Å². The van der Waals surface area contributed by atoms with E-state index in [-0.39, 0.29) is 11.9 Å². The standard InChI is InChI=1S/C15H19N3OS2/c1-10-9-21-15(17-10)11(2)16-7-14(19)18-5-3-13-12(8-18)4-6-20-13/h4,6,9,11,16H,3,5,7-8H2,1-2H3. The monoisotopic (exact) mass is 321 g/mol. The molecule has 3 heterocycles. The van der Waals surface area contributed by atoms with Gasteiger partial charge in [0.15, 0.2) is 0 Å².